The minimum absolute atomic E-state index is 0. The summed E-state index contributed by atoms with van der Waals surface area (Å²) >= 11 is 1.81. The van der Waals surface area contributed by atoms with Gasteiger partial charge in [0.2, 0.25) is 0 Å². The molecule has 0 atom stereocenters. The molecule has 0 nitrogen and oxygen atoms in total. The Labute approximate surface area is 121 Å². The number of hydrogen-bond donors (Lipinski definition) is 0. The van der Waals surface area contributed by atoms with E-state index in [1.54, 1.807) is 0 Å². The second-order valence-corrected chi connectivity index (χ2v) is 5.71. The van der Waals surface area contributed by atoms with E-state index in [0.29, 0.717) is 0 Å². The van der Waals surface area contributed by atoms with Crippen molar-refractivity contribution in [2.24, 2.45) is 0 Å². The maximum absolute atomic E-state index is 5.47. The lowest BCUT2D eigenvalue weighted by molar-refractivity contribution is 1.34. The molecule has 0 N–H and O–H groups in total. The first-order valence-electron chi connectivity index (χ1n) is 5.93. The fourth-order valence-corrected chi connectivity index (χ4v) is 3.21. The van der Waals surface area contributed by atoms with Crippen molar-refractivity contribution in [3.63, 3.8) is 0 Å². The molecule has 1 aliphatic heterocycles. The number of terminal acetylenes is 1. The Morgan fingerprint density at radius 3 is 2.16 bits per heavy atom. The number of aryl methyl sites for hydroxylation is 2. The van der Waals surface area contributed by atoms with Crippen molar-refractivity contribution >= 4 is 16.7 Å². The maximum Gasteiger partial charge on any atom is 0.0248 e. The van der Waals surface area contributed by atoms with Crippen molar-refractivity contribution in [3.05, 3.63) is 63.6 Å². The van der Waals surface area contributed by atoms with Crippen LogP contribution in [0.1, 0.15) is 36.6 Å². The first-order chi connectivity index (χ1) is 8.61. The Morgan fingerprint density at radius 1 is 1.00 bits per heavy atom. The predicted octanol–water partition coefficient (Wildman–Crippen LogP) is 5.47. The second-order valence-electron chi connectivity index (χ2n) is 4.42. The van der Waals surface area contributed by atoms with Crippen LogP contribution >= 0.6 is 11.8 Å². The van der Waals surface area contributed by atoms with Crippen LogP contribution in [0.4, 0.5) is 0 Å². The predicted molar refractivity (Wildman–Crippen MR) is 89.0 cm³/mol. The van der Waals surface area contributed by atoms with E-state index in [4.69, 9.17) is 6.42 Å². The third-order valence-corrected chi connectivity index (χ3v) is 3.92. The summed E-state index contributed by atoms with van der Waals surface area (Å²) in [5.74, 6) is 2.71. The lowest BCUT2D eigenvalue weighted by Gasteiger charge is -2.13. The second kappa shape index (κ2) is 6.50. The zero-order valence-electron chi connectivity index (χ0n) is 10.9. The van der Waals surface area contributed by atoms with E-state index in [2.05, 4.69) is 63.1 Å². The summed E-state index contributed by atoms with van der Waals surface area (Å²) in [4.78, 5) is 2.59. The van der Waals surface area contributed by atoms with Crippen LogP contribution in [0.2, 0.25) is 0 Å². The van der Waals surface area contributed by atoms with Crippen molar-refractivity contribution in [2.45, 2.75) is 28.2 Å². The van der Waals surface area contributed by atoms with Gasteiger partial charge in [-0.1, -0.05) is 43.3 Å². The van der Waals surface area contributed by atoms with Gasteiger partial charge in [0.25, 0.3) is 0 Å². The molecule has 0 saturated heterocycles. The van der Waals surface area contributed by atoms with E-state index in [1.165, 1.54) is 26.5 Å². The van der Waals surface area contributed by atoms with E-state index in [-0.39, 0.29) is 7.43 Å². The molecule has 0 spiro atoms. The molecule has 1 heterocycles. The monoisotopic (exact) mass is 268 g/mol. The number of rotatable bonds is 1. The Morgan fingerprint density at radius 2 is 1.58 bits per heavy atom. The minimum Gasteiger partial charge on any atom is -0.115 e. The quantitative estimate of drug-likeness (QED) is 0.609. The van der Waals surface area contributed by atoms with Crippen LogP contribution in [0, 0.1) is 26.2 Å². The molecule has 1 aromatic rings. The highest BCUT2D eigenvalue weighted by molar-refractivity contribution is 8.11. The Hall–Kier alpha value is -1.65. The number of hydrogen-bond acceptors (Lipinski definition) is 1. The van der Waals surface area contributed by atoms with Gasteiger partial charge in [-0.25, -0.2) is 0 Å². The molecule has 1 aliphatic rings. The summed E-state index contributed by atoms with van der Waals surface area (Å²) in [6.07, 6.45) is 13.9. The molecule has 0 bridgehead atoms. The average molecular weight is 268 g/mol. The molecule has 0 aliphatic carbocycles. The van der Waals surface area contributed by atoms with E-state index in [9.17, 15) is 0 Å². The highest BCUT2D eigenvalue weighted by Gasteiger charge is 2.11. The van der Waals surface area contributed by atoms with Gasteiger partial charge in [0.1, 0.15) is 0 Å². The molecule has 0 fully saturated rings. The average Bonchev–Trinajstić information content (AvgIpc) is 2.53. The number of allylic oxidation sites excluding steroid dienone is 5. The summed E-state index contributed by atoms with van der Waals surface area (Å²) in [7, 11) is 0. The molecule has 0 radical (unpaired) electrons. The highest BCUT2D eigenvalue weighted by atomic mass is 32.2. The fourth-order valence-electron chi connectivity index (χ4n) is 2.15. The van der Waals surface area contributed by atoms with Gasteiger partial charge in [0.05, 0.1) is 0 Å². The van der Waals surface area contributed by atoms with Crippen molar-refractivity contribution in [1.82, 2.24) is 0 Å². The highest BCUT2D eigenvalue weighted by Crippen LogP contribution is 2.38. The van der Waals surface area contributed by atoms with Crippen LogP contribution in [-0.4, -0.2) is 0 Å². The standard InChI is InChI=1S/C17H16S.CH4/c1-5-15-10-12(2)17(13(3)11-15)16-9-7-6-8-14(4)18-16;/h1,6-11H,2-4H3;1H4. The largest absolute Gasteiger partial charge is 0.115 e. The van der Waals surface area contributed by atoms with Crippen LogP contribution < -0.4 is 0 Å². The van der Waals surface area contributed by atoms with Crippen molar-refractivity contribution in [3.8, 4) is 12.3 Å². The topological polar surface area (TPSA) is 0 Å². The van der Waals surface area contributed by atoms with Crippen LogP contribution in [0.15, 0.2) is 41.3 Å². The van der Waals surface area contributed by atoms with Gasteiger partial charge in [-0.05, 0) is 60.6 Å². The fraction of sp³-hybridized carbons (Fsp3) is 0.222. The zero-order valence-corrected chi connectivity index (χ0v) is 11.8. The Bertz CT molecular complexity index is 584. The van der Waals surface area contributed by atoms with Gasteiger partial charge in [-0.15, -0.1) is 6.42 Å². The van der Waals surface area contributed by atoms with Crippen molar-refractivity contribution < 1.29 is 0 Å². The molecular formula is C18H20S. The molecule has 1 aromatic carbocycles. The summed E-state index contributed by atoms with van der Waals surface area (Å²) in [5, 5.41) is 0. The first kappa shape index (κ1) is 15.4. The molecule has 98 valence electrons. The maximum atomic E-state index is 5.47. The van der Waals surface area contributed by atoms with Crippen LogP contribution in [0.25, 0.3) is 4.91 Å². The van der Waals surface area contributed by atoms with E-state index >= 15 is 0 Å². The van der Waals surface area contributed by atoms with Crippen molar-refractivity contribution in [2.75, 3.05) is 0 Å². The molecule has 0 amide bonds. The third-order valence-electron chi connectivity index (χ3n) is 2.91. The lowest BCUT2D eigenvalue weighted by atomic mass is 9.99. The minimum atomic E-state index is 0. The molecule has 2 rings (SSSR count). The lowest BCUT2D eigenvalue weighted by Crippen LogP contribution is -1.93. The van der Waals surface area contributed by atoms with Gasteiger partial charge in [0, 0.05) is 10.5 Å². The molecule has 0 saturated carbocycles. The number of benzene rings is 1. The molecular weight excluding hydrogens is 248 g/mol. The van der Waals surface area contributed by atoms with Gasteiger partial charge < -0.3 is 0 Å². The van der Waals surface area contributed by atoms with E-state index in [0.717, 1.165) is 5.56 Å². The van der Waals surface area contributed by atoms with Gasteiger partial charge in [-0.3, -0.25) is 0 Å². The summed E-state index contributed by atoms with van der Waals surface area (Å²) in [6.45, 7) is 6.38. The smallest absolute Gasteiger partial charge is 0.0248 e. The van der Waals surface area contributed by atoms with E-state index in [1.807, 2.05) is 11.8 Å². The number of thioether (sulfide) groups is 1. The van der Waals surface area contributed by atoms with E-state index < -0.39 is 0 Å². The zero-order chi connectivity index (χ0) is 13.1. The third kappa shape index (κ3) is 3.43. The summed E-state index contributed by atoms with van der Waals surface area (Å²) in [6, 6.07) is 4.16. The Balaban J connectivity index is 0.00000180. The summed E-state index contributed by atoms with van der Waals surface area (Å²) in [5.41, 5.74) is 4.74. The van der Waals surface area contributed by atoms with Gasteiger partial charge in [0.15, 0.2) is 0 Å². The van der Waals surface area contributed by atoms with Crippen LogP contribution in [-0.2, 0) is 0 Å². The SMILES string of the molecule is C.C#Cc1cc(C)c(C2=CC=CC=C(C)S2)c(C)c1. The van der Waals surface area contributed by atoms with Gasteiger partial charge in [-0.2, -0.15) is 0 Å². The molecule has 0 unspecified atom stereocenters. The first-order valence-corrected chi connectivity index (χ1v) is 6.75. The molecule has 0 aromatic heterocycles. The van der Waals surface area contributed by atoms with Crippen molar-refractivity contribution in [1.29, 1.82) is 0 Å². The van der Waals surface area contributed by atoms with Crippen LogP contribution in [0.3, 0.4) is 0 Å². The van der Waals surface area contributed by atoms with Crippen LogP contribution in [0.5, 0.6) is 0 Å². The normalized spacial score (nSPS) is 13.8. The van der Waals surface area contributed by atoms with Gasteiger partial charge >= 0.3 is 0 Å². The summed E-state index contributed by atoms with van der Waals surface area (Å²) < 4.78 is 0. The molecule has 1 heteroatoms. The molecule has 19 heavy (non-hydrogen) atoms. The Kier molecular flexibility index (Phi) is 5.27.